The first-order chi connectivity index (χ1) is 9.34. The van der Waals surface area contributed by atoms with Gasteiger partial charge < -0.3 is 4.74 Å². The van der Waals surface area contributed by atoms with E-state index in [1.54, 1.807) is 0 Å². The van der Waals surface area contributed by atoms with Crippen LogP contribution in [0, 0.1) is 0 Å². The molecule has 0 N–H and O–H groups in total. The second-order valence-electron chi connectivity index (χ2n) is 4.80. The van der Waals surface area contributed by atoms with Crippen LogP contribution in [0.2, 0.25) is 0 Å². The fraction of sp³-hybridized carbons (Fsp3) is 0.235. The molecule has 2 aromatic carbocycles. The fourth-order valence-corrected chi connectivity index (χ4v) is 2.46. The van der Waals surface area contributed by atoms with E-state index < -0.39 is 0 Å². The molecule has 0 spiro atoms. The van der Waals surface area contributed by atoms with Crippen molar-refractivity contribution in [2.45, 2.75) is 19.3 Å². The van der Waals surface area contributed by atoms with E-state index >= 15 is 0 Å². The lowest BCUT2D eigenvalue weighted by Crippen LogP contribution is -2.13. The molecular weight excluding hydrogens is 236 g/mol. The molecular formula is C17H16O2. The third kappa shape index (κ3) is 2.53. The van der Waals surface area contributed by atoms with Gasteiger partial charge in [0.1, 0.15) is 0 Å². The van der Waals surface area contributed by atoms with Crippen LogP contribution in [0.1, 0.15) is 18.4 Å². The van der Waals surface area contributed by atoms with Gasteiger partial charge in [-0.2, -0.15) is 0 Å². The Bertz CT molecular complexity index is 635. The van der Waals surface area contributed by atoms with E-state index in [0.717, 1.165) is 23.8 Å². The molecule has 2 aromatic rings. The van der Waals surface area contributed by atoms with Crippen molar-refractivity contribution in [2.24, 2.45) is 0 Å². The van der Waals surface area contributed by atoms with Gasteiger partial charge in [-0.05, 0) is 35.3 Å². The summed E-state index contributed by atoms with van der Waals surface area (Å²) < 4.78 is 5.44. The van der Waals surface area contributed by atoms with Crippen LogP contribution < -0.4 is 0 Å². The second-order valence-corrected chi connectivity index (χ2v) is 4.80. The Balaban J connectivity index is 1.89. The third-order valence-electron chi connectivity index (χ3n) is 3.44. The van der Waals surface area contributed by atoms with Crippen molar-refractivity contribution >= 4 is 16.6 Å². The van der Waals surface area contributed by atoms with Gasteiger partial charge in [-0.15, -0.1) is 0 Å². The minimum atomic E-state index is 0.0797. The number of fused-ring (bicyclic) bond motifs is 1. The summed E-state index contributed by atoms with van der Waals surface area (Å²) in [7, 11) is 0. The van der Waals surface area contributed by atoms with Crippen molar-refractivity contribution < 1.29 is 9.53 Å². The zero-order chi connectivity index (χ0) is 13.1. The predicted octanol–water partition coefficient (Wildman–Crippen LogP) is 3.65. The van der Waals surface area contributed by atoms with Crippen molar-refractivity contribution in [3.63, 3.8) is 0 Å². The topological polar surface area (TPSA) is 26.3 Å². The molecule has 0 amide bonds. The van der Waals surface area contributed by atoms with E-state index in [9.17, 15) is 4.79 Å². The number of hydrogen-bond acceptors (Lipinski definition) is 2. The number of ether oxygens (including phenoxy) is 1. The molecule has 0 saturated carbocycles. The highest BCUT2D eigenvalue weighted by atomic mass is 16.5. The number of ketones is 1. The molecule has 19 heavy (non-hydrogen) atoms. The molecule has 0 unspecified atom stereocenters. The van der Waals surface area contributed by atoms with Crippen molar-refractivity contribution in [1.29, 1.82) is 0 Å². The standard InChI is InChI=1S/C17H16O2/c18-16(17-10-3-4-11-19-17)12-14-8-5-7-13-6-1-2-9-15(13)14/h1-2,5-10H,3-4,11-12H2. The number of hydrogen-bond donors (Lipinski definition) is 0. The lowest BCUT2D eigenvalue weighted by molar-refractivity contribution is -0.118. The summed E-state index contributed by atoms with van der Waals surface area (Å²) in [4.78, 5) is 12.2. The van der Waals surface area contributed by atoms with Gasteiger partial charge in [-0.25, -0.2) is 0 Å². The molecule has 0 aromatic heterocycles. The van der Waals surface area contributed by atoms with Gasteiger partial charge >= 0.3 is 0 Å². The highest BCUT2D eigenvalue weighted by Crippen LogP contribution is 2.21. The molecule has 0 radical (unpaired) electrons. The predicted molar refractivity (Wildman–Crippen MR) is 75.9 cm³/mol. The summed E-state index contributed by atoms with van der Waals surface area (Å²) >= 11 is 0. The van der Waals surface area contributed by atoms with Crippen LogP contribution >= 0.6 is 0 Å². The normalized spacial score (nSPS) is 14.8. The van der Waals surface area contributed by atoms with E-state index in [2.05, 4.69) is 18.2 Å². The minimum Gasteiger partial charge on any atom is -0.490 e. The molecule has 2 heteroatoms. The molecule has 96 valence electrons. The average molecular weight is 252 g/mol. The zero-order valence-electron chi connectivity index (χ0n) is 10.8. The lowest BCUT2D eigenvalue weighted by atomic mass is 9.99. The van der Waals surface area contributed by atoms with Crippen LogP contribution in [-0.4, -0.2) is 12.4 Å². The number of allylic oxidation sites excluding steroid dienone is 2. The zero-order valence-corrected chi connectivity index (χ0v) is 10.8. The van der Waals surface area contributed by atoms with Crippen LogP contribution in [0.3, 0.4) is 0 Å². The Morgan fingerprint density at radius 1 is 1.11 bits per heavy atom. The Kier molecular flexibility index (Phi) is 3.32. The van der Waals surface area contributed by atoms with Crippen molar-refractivity contribution in [3.05, 3.63) is 59.9 Å². The molecule has 0 saturated heterocycles. The summed E-state index contributed by atoms with van der Waals surface area (Å²) in [5.74, 6) is 0.621. The van der Waals surface area contributed by atoms with Gasteiger partial charge in [0, 0.05) is 6.42 Å². The van der Waals surface area contributed by atoms with Crippen molar-refractivity contribution in [3.8, 4) is 0 Å². The molecule has 1 aliphatic rings. The minimum absolute atomic E-state index is 0.0797. The van der Waals surface area contributed by atoms with Gasteiger partial charge in [0.2, 0.25) is 5.78 Å². The van der Waals surface area contributed by atoms with Gasteiger partial charge in [0.15, 0.2) is 5.76 Å². The van der Waals surface area contributed by atoms with Crippen LogP contribution in [0.25, 0.3) is 10.8 Å². The molecule has 0 fully saturated rings. The number of rotatable bonds is 3. The maximum Gasteiger partial charge on any atom is 0.201 e. The quantitative estimate of drug-likeness (QED) is 0.833. The molecule has 2 nitrogen and oxygen atoms in total. The van der Waals surface area contributed by atoms with Gasteiger partial charge in [-0.1, -0.05) is 42.5 Å². The summed E-state index contributed by atoms with van der Waals surface area (Å²) in [5, 5.41) is 2.32. The fourth-order valence-electron chi connectivity index (χ4n) is 2.46. The molecule has 0 aliphatic carbocycles. The van der Waals surface area contributed by atoms with E-state index in [0.29, 0.717) is 18.8 Å². The largest absolute Gasteiger partial charge is 0.490 e. The molecule has 1 aliphatic heterocycles. The van der Waals surface area contributed by atoms with Crippen LogP contribution in [0.4, 0.5) is 0 Å². The number of benzene rings is 2. The second kappa shape index (κ2) is 5.27. The highest BCUT2D eigenvalue weighted by Gasteiger charge is 2.15. The van der Waals surface area contributed by atoms with Crippen molar-refractivity contribution in [1.82, 2.24) is 0 Å². The van der Waals surface area contributed by atoms with Gasteiger partial charge in [-0.3, -0.25) is 4.79 Å². The average Bonchev–Trinajstić information content (AvgIpc) is 2.48. The molecule has 1 heterocycles. The number of Topliss-reactive ketones (excluding diaryl/α,β-unsaturated/α-hetero) is 1. The summed E-state index contributed by atoms with van der Waals surface area (Å²) in [6.45, 7) is 0.660. The lowest BCUT2D eigenvalue weighted by Gasteiger charge is -2.14. The first kappa shape index (κ1) is 12.0. The third-order valence-corrected chi connectivity index (χ3v) is 3.44. The van der Waals surface area contributed by atoms with E-state index in [1.807, 2.05) is 30.3 Å². The van der Waals surface area contributed by atoms with E-state index in [4.69, 9.17) is 4.74 Å². The highest BCUT2D eigenvalue weighted by molar-refractivity contribution is 5.98. The Morgan fingerprint density at radius 3 is 2.79 bits per heavy atom. The number of carbonyl (C=O) groups excluding carboxylic acids is 1. The first-order valence-corrected chi connectivity index (χ1v) is 6.67. The smallest absolute Gasteiger partial charge is 0.201 e. The monoisotopic (exact) mass is 252 g/mol. The first-order valence-electron chi connectivity index (χ1n) is 6.67. The number of carbonyl (C=O) groups is 1. The van der Waals surface area contributed by atoms with E-state index in [-0.39, 0.29) is 5.78 Å². The Labute approximate surface area is 112 Å². The Hall–Kier alpha value is -2.09. The van der Waals surface area contributed by atoms with Crippen LogP contribution in [0.15, 0.2) is 54.3 Å². The van der Waals surface area contributed by atoms with Gasteiger partial charge in [0.05, 0.1) is 6.61 Å². The Morgan fingerprint density at radius 2 is 1.95 bits per heavy atom. The van der Waals surface area contributed by atoms with Crippen molar-refractivity contribution in [2.75, 3.05) is 6.61 Å². The summed E-state index contributed by atoms with van der Waals surface area (Å²) in [6, 6.07) is 14.2. The van der Waals surface area contributed by atoms with Crippen LogP contribution in [-0.2, 0) is 16.0 Å². The van der Waals surface area contributed by atoms with E-state index in [1.165, 1.54) is 5.39 Å². The maximum absolute atomic E-state index is 12.2. The summed E-state index contributed by atoms with van der Waals surface area (Å²) in [6.07, 6.45) is 4.27. The molecule has 0 bridgehead atoms. The van der Waals surface area contributed by atoms with Crippen LogP contribution in [0.5, 0.6) is 0 Å². The molecule has 0 atom stereocenters. The maximum atomic E-state index is 12.2. The molecule has 3 rings (SSSR count). The summed E-state index contributed by atoms with van der Waals surface area (Å²) in [5.41, 5.74) is 1.07. The SMILES string of the molecule is O=C(Cc1cccc2ccccc12)C1=CCCCO1. The van der Waals surface area contributed by atoms with Gasteiger partial charge in [0.25, 0.3) is 0 Å².